The van der Waals surface area contributed by atoms with Crippen molar-refractivity contribution < 1.29 is 85.7 Å². The molecule has 20 heteroatoms. The molecule has 4 heterocycles. The maximum Gasteiger partial charge on any atom is 0.316 e. The van der Waals surface area contributed by atoms with Crippen molar-refractivity contribution in [2.45, 2.75) is 221 Å². The topological polar surface area (TPSA) is 266 Å². The molecule has 2 amide bonds. The molecule has 4 saturated heterocycles. The first-order valence-electron chi connectivity index (χ1n) is 33.9. The maximum absolute atomic E-state index is 12.2. The van der Waals surface area contributed by atoms with Crippen molar-refractivity contribution in [3.05, 3.63) is 97.1 Å². The Kier molecular flexibility index (Phi) is 24.0. The minimum Gasteiger partial charge on any atom is -0.426 e. The van der Waals surface area contributed by atoms with Crippen LogP contribution in [0.2, 0.25) is 0 Å². The van der Waals surface area contributed by atoms with Crippen LogP contribution in [0.3, 0.4) is 0 Å². The summed E-state index contributed by atoms with van der Waals surface area (Å²) in [6, 6.07) is 27.1. The molecule has 14 atom stereocenters. The number of hydrogen-bond donors (Lipinski definition) is 2. The van der Waals surface area contributed by atoms with Crippen molar-refractivity contribution in [2.75, 3.05) is 10.6 Å². The molecule has 4 aromatic rings. The fourth-order valence-electron chi connectivity index (χ4n) is 11.3. The van der Waals surface area contributed by atoms with Crippen molar-refractivity contribution in [1.82, 2.24) is 0 Å². The third kappa shape index (κ3) is 20.3. The summed E-state index contributed by atoms with van der Waals surface area (Å²) in [5, 5.41) is 5.74. The number of amides is 2. The lowest BCUT2D eigenvalue weighted by atomic mass is 9.89. The zero-order valence-corrected chi connectivity index (χ0v) is 56.0. The summed E-state index contributed by atoms with van der Waals surface area (Å²) in [6.07, 6.45) is 15.7. The third-order valence-electron chi connectivity index (χ3n) is 19.5. The molecular formula is C74H94N2O18. The standard InChI is InChI=1S/C19H25NO4.C19H24O5.C18H23NO4.C18H22O5/c1-4-19(2,3)18(22)20-13-6-8-14(9-7-13)23-17(21)12-5-10-15-16(11-12)24-15;1-4-19(2,3)18(21)23-14-8-6-13(7-9-14)22-17(20)12-5-10-15-16(11-12)24-15;1-3-11(2)17(20)19-13-5-7-14(8-6-13)22-18(21)12-4-9-15-16(10-12)23-15;1-3-11(2)17(19)21-13-5-7-14(8-6-13)22-18(20)12-4-9-15-16(10-12)23-15/h6-9,12,15-16H,4-5,10-11H2,1-3H3,(H,20,22);6-9,12,15-16H,4-5,10-11H2,1-3H3;5-8,11-12,15-16H,3-4,9-10H2,1-2H3,(H,19,20);5-8,11-12,15-16H,3-4,9-10H2,1-2H3. The van der Waals surface area contributed by atoms with Gasteiger partial charge in [0.2, 0.25) is 11.8 Å². The number of fused-ring (bicyclic) bond motifs is 4. The van der Waals surface area contributed by atoms with Gasteiger partial charge >= 0.3 is 35.8 Å². The van der Waals surface area contributed by atoms with E-state index in [0.29, 0.717) is 76.7 Å². The van der Waals surface area contributed by atoms with Crippen molar-refractivity contribution in [3.63, 3.8) is 0 Å². The Labute approximate surface area is 551 Å². The van der Waals surface area contributed by atoms with E-state index in [9.17, 15) is 38.4 Å². The van der Waals surface area contributed by atoms with Gasteiger partial charge in [-0.1, -0.05) is 55.4 Å². The molecular weight excluding hydrogens is 1200 g/mol. The van der Waals surface area contributed by atoms with Crippen molar-refractivity contribution in [2.24, 2.45) is 46.3 Å². The second-order valence-electron chi connectivity index (χ2n) is 27.4. The van der Waals surface area contributed by atoms with Gasteiger partial charge in [0.15, 0.2) is 0 Å². The first kappa shape index (κ1) is 70.8. The molecule has 8 aliphatic rings. The summed E-state index contributed by atoms with van der Waals surface area (Å²) in [7, 11) is 0. The molecule has 0 spiro atoms. The van der Waals surface area contributed by atoms with Crippen LogP contribution in [0.25, 0.3) is 0 Å². The summed E-state index contributed by atoms with van der Waals surface area (Å²) in [6.45, 7) is 19.1. The number of carbonyl (C=O) groups is 8. The van der Waals surface area contributed by atoms with E-state index in [1.165, 1.54) is 0 Å². The quantitative estimate of drug-likeness (QED) is 0.0473. The van der Waals surface area contributed by atoms with Crippen LogP contribution in [0.4, 0.5) is 11.4 Å². The number of hydrogen-bond acceptors (Lipinski definition) is 18. The Hall–Kier alpha value is -7.52. The van der Waals surface area contributed by atoms with Gasteiger partial charge in [-0.25, -0.2) is 0 Å². The lowest BCUT2D eigenvalue weighted by Gasteiger charge is -2.21. The molecule has 12 rings (SSSR count). The molecule has 94 heavy (non-hydrogen) atoms. The average molecular weight is 1300 g/mol. The molecule has 508 valence electrons. The minimum absolute atomic E-state index is 0.00145. The predicted octanol–water partition coefficient (Wildman–Crippen LogP) is 13.3. The second kappa shape index (κ2) is 31.8. The zero-order valence-electron chi connectivity index (χ0n) is 56.0. The Morgan fingerprint density at radius 1 is 0.383 bits per heavy atom. The van der Waals surface area contributed by atoms with E-state index in [4.69, 9.17) is 47.4 Å². The van der Waals surface area contributed by atoms with E-state index < -0.39 is 10.8 Å². The number of carbonyl (C=O) groups excluding carboxylic acids is 8. The lowest BCUT2D eigenvalue weighted by molar-refractivity contribution is -0.144. The Bertz CT molecular complexity index is 3060. The van der Waals surface area contributed by atoms with Crippen LogP contribution in [-0.4, -0.2) is 96.5 Å². The predicted molar refractivity (Wildman–Crippen MR) is 348 cm³/mol. The van der Waals surface area contributed by atoms with E-state index in [0.717, 1.165) is 96.3 Å². The average Bonchev–Trinajstić information content (AvgIpc) is 2.12. The van der Waals surface area contributed by atoms with Crippen molar-refractivity contribution in [1.29, 1.82) is 0 Å². The Balaban J connectivity index is 0.000000148. The van der Waals surface area contributed by atoms with E-state index >= 15 is 0 Å². The van der Waals surface area contributed by atoms with Crippen LogP contribution in [0, 0.1) is 46.3 Å². The van der Waals surface area contributed by atoms with Gasteiger partial charge in [0.25, 0.3) is 0 Å². The van der Waals surface area contributed by atoms with Crippen molar-refractivity contribution >= 4 is 59.0 Å². The number of nitrogens with one attached hydrogen (secondary N) is 2. The number of epoxide rings is 4. The molecule has 4 saturated carbocycles. The summed E-state index contributed by atoms with van der Waals surface area (Å²) in [5.41, 5.74) is 0.485. The van der Waals surface area contributed by atoms with Crippen LogP contribution < -0.4 is 39.1 Å². The molecule has 0 bridgehead atoms. The second-order valence-corrected chi connectivity index (χ2v) is 27.4. The summed E-state index contributed by atoms with van der Waals surface area (Å²) in [4.78, 5) is 96.5. The van der Waals surface area contributed by atoms with Gasteiger partial charge < -0.3 is 58.0 Å². The summed E-state index contributed by atoms with van der Waals surface area (Å²) in [5.74, 6) is 1.08. The molecule has 2 N–H and O–H groups in total. The number of anilines is 2. The molecule has 8 fully saturated rings. The van der Waals surface area contributed by atoms with Gasteiger partial charge in [0, 0.05) is 22.7 Å². The van der Waals surface area contributed by atoms with Gasteiger partial charge in [0.05, 0.1) is 83.8 Å². The summed E-state index contributed by atoms with van der Waals surface area (Å²) < 4.78 is 54.2. The molecule has 4 aromatic carbocycles. The van der Waals surface area contributed by atoms with E-state index in [1.54, 1.807) is 97.1 Å². The fourth-order valence-corrected chi connectivity index (χ4v) is 11.3. The first-order valence-corrected chi connectivity index (χ1v) is 33.9. The zero-order chi connectivity index (χ0) is 67.4. The highest BCUT2D eigenvalue weighted by atomic mass is 16.6. The highest BCUT2D eigenvalue weighted by Gasteiger charge is 2.49. The van der Waals surface area contributed by atoms with Crippen LogP contribution in [0.15, 0.2) is 97.1 Å². The monoisotopic (exact) mass is 1300 g/mol. The largest absolute Gasteiger partial charge is 0.426 e. The van der Waals surface area contributed by atoms with Crippen LogP contribution in [0.1, 0.15) is 172 Å². The molecule has 20 nitrogen and oxygen atoms in total. The van der Waals surface area contributed by atoms with Crippen LogP contribution >= 0.6 is 0 Å². The number of ether oxygens (including phenoxy) is 10. The lowest BCUT2D eigenvalue weighted by Crippen LogP contribution is -2.29. The van der Waals surface area contributed by atoms with E-state index in [2.05, 4.69) is 10.6 Å². The Morgan fingerprint density at radius 3 is 0.968 bits per heavy atom. The normalized spacial score (nSPS) is 26.1. The van der Waals surface area contributed by atoms with Gasteiger partial charge in [-0.15, -0.1) is 0 Å². The SMILES string of the molecule is CCC(C)(C)C(=O)Nc1ccc(OC(=O)C2CCC3OC3C2)cc1.CCC(C)(C)C(=O)Oc1ccc(OC(=O)C2CCC3OC3C2)cc1.CCC(C)C(=O)Nc1ccc(OC(=O)C2CCC3OC3C2)cc1.CCC(C)C(=O)Oc1ccc(OC(=O)C2CCC3OC3C2)cc1. The number of esters is 6. The van der Waals surface area contributed by atoms with Crippen molar-refractivity contribution in [3.8, 4) is 34.5 Å². The third-order valence-corrected chi connectivity index (χ3v) is 19.5. The minimum atomic E-state index is -0.519. The van der Waals surface area contributed by atoms with Crippen LogP contribution in [0.5, 0.6) is 34.5 Å². The molecule has 0 radical (unpaired) electrons. The molecule has 4 aliphatic carbocycles. The van der Waals surface area contributed by atoms with Gasteiger partial charge in [-0.2, -0.15) is 0 Å². The highest BCUT2D eigenvalue weighted by molar-refractivity contribution is 5.95. The first-order chi connectivity index (χ1) is 44.9. The van der Waals surface area contributed by atoms with E-state index in [-0.39, 0.29) is 108 Å². The summed E-state index contributed by atoms with van der Waals surface area (Å²) >= 11 is 0. The number of benzene rings is 4. The molecule has 4 aliphatic heterocycles. The number of rotatable bonds is 20. The van der Waals surface area contributed by atoms with Gasteiger partial charge in [-0.3, -0.25) is 38.4 Å². The Morgan fingerprint density at radius 2 is 0.670 bits per heavy atom. The smallest absolute Gasteiger partial charge is 0.316 e. The van der Waals surface area contributed by atoms with Crippen LogP contribution in [-0.2, 0) is 57.3 Å². The fraction of sp³-hybridized carbons (Fsp3) is 0.568. The van der Waals surface area contributed by atoms with E-state index in [1.807, 2.05) is 69.2 Å². The van der Waals surface area contributed by atoms with Gasteiger partial charge in [-0.05, 0) is 214 Å². The molecule has 0 aromatic heterocycles. The maximum atomic E-state index is 12.2. The highest BCUT2D eigenvalue weighted by Crippen LogP contribution is 2.43. The molecule has 14 unspecified atom stereocenters. The van der Waals surface area contributed by atoms with Gasteiger partial charge in [0.1, 0.15) is 34.5 Å².